The molecule has 0 fully saturated rings. The lowest BCUT2D eigenvalue weighted by Gasteiger charge is -2.12. The molecular formula is C24H23N5O3S. The Morgan fingerprint density at radius 2 is 1.73 bits per heavy atom. The fourth-order valence-corrected chi connectivity index (χ4v) is 4.02. The largest absolute Gasteiger partial charge is 0.497 e. The molecule has 2 aromatic heterocycles. The monoisotopic (exact) mass is 461 g/mol. The summed E-state index contributed by atoms with van der Waals surface area (Å²) < 4.78 is 12.5. The summed E-state index contributed by atoms with van der Waals surface area (Å²) in [5.41, 5.74) is 2.66. The van der Waals surface area contributed by atoms with Gasteiger partial charge in [0.1, 0.15) is 11.5 Å². The maximum absolute atomic E-state index is 12.5. The van der Waals surface area contributed by atoms with Crippen molar-refractivity contribution in [2.45, 2.75) is 11.7 Å². The lowest BCUT2D eigenvalue weighted by atomic mass is 10.2. The van der Waals surface area contributed by atoms with Gasteiger partial charge in [-0.2, -0.15) is 0 Å². The second-order valence-electron chi connectivity index (χ2n) is 6.95. The number of methoxy groups -OCH3 is 2. The molecule has 0 bridgehead atoms. The number of thioether (sulfide) groups is 1. The van der Waals surface area contributed by atoms with E-state index in [2.05, 4.69) is 20.5 Å². The number of carbonyl (C=O) groups is 1. The van der Waals surface area contributed by atoms with E-state index in [4.69, 9.17) is 9.47 Å². The summed E-state index contributed by atoms with van der Waals surface area (Å²) in [6.07, 6.45) is 3.42. The van der Waals surface area contributed by atoms with E-state index < -0.39 is 0 Å². The zero-order valence-corrected chi connectivity index (χ0v) is 19.1. The third-order valence-electron chi connectivity index (χ3n) is 4.90. The number of hydrogen-bond acceptors (Lipinski definition) is 7. The third-order valence-corrected chi connectivity index (χ3v) is 5.83. The Kier molecular flexibility index (Phi) is 7.21. The minimum absolute atomic E-state index is 0.111. The number of benzene rings is 2. The van der Waals surface area contributed by atoms with Crippen molar-refractivity contribution in [2.24, 2.45) is 0 Å². The molecule has 0 saturated heterocycles. The van der Waals surface area contributed by atoms with E-state index in [0.717, 1.165) is 28.3 Å². The zero-order chi connectivity index (χ0) is 23.0. The van der Waals surface area contributed by atoms with Crippen LogP contribution in [0.3, 0.4) is 0 Å². The summed E-state index contributed by atoms with van der Waals surface area (Å²) in [5, 5.41) is 12.3. The van der Waals surface area contributed by atoms with Gasteiger partial charge in [-0.3, -0.25) is 14.3 Å². The highest BCUT2D eigenvalue weighted by Crippen LogP contribution is 2.28. The molecule has 0 atom stereocenters. The number of rotatable bonds is 9. The van der Waals surface area contributed by atoms with Gasteiger partial charge >= 0.3 is 0 Å². The molecule has 4 rings (SSSR count). The molecule has 0 radical (unpaired) electrons. The van der Waals surface area contributed by atoms with Crippen molar-refractivity contribution >= 4 is 17.7 Å². The molecule has 4 aromatic rings. The molecule has 2 heterocycles. The van der Waals surface area contributed by atoms with E-state index >= 15 is 0 Å². The average molecular weight is 462 g/mol. The number of nitrogens with one attached hydrogen (secondary N) is 1. The summed E-state index contributed by atoms with van der Waals surface area (Å²) >= 11 is 1.32. The smallest absolute Gasteiger partial charge is 0.230 e. The van der Waals surface area contributed by atoms with Gasteiger partial charge < -0.3 is 14.8 Å². The Hall–Kier alpha value is -3.85. The molecule has 1 amide bonds. The van der Waals surface area contributed by atoms with Gasteiger partial charge in [0.2, 0.25) is 5.91 Å². The molecule has 1 N–H and O–H groups in total. The quantitative estimate of drug-likeness (QED) is 0.380. The molecule has 0 aliphatic heterocycles. The molecule has 0 spiro atoms. The minimum Gasteiger partial charge on any atom is -0.497 e. The number of amides is 1. The first kappa shape index (κ1) is 22.3. The summed E-state index contributed by atoms with van der Waals surface area (Å²) in [5.74, 6) is 2.24. The van der Waals surface area contributed by atoms with Gasteiger partial charge in [0, 0.05) is 35.8 Å². The highest BCUT2D eigenvalue weighted by molar-refractivity contribution is 7.99. The van der Waals surface area contributed by atoms with E-state index in [1.54, 1.807) is 26.6 Å². The van der Waals surface area contributed by atoms with Crippen molar-refractivity contribution < 1.29 is 14.3 Å². The molecule has 0 aliphatic rings. The van der Waals surface area contributed by atoms with Crippen LogP contribution >= 0.6 is 11.8 Å². The highest BCUT2D eigenvalue weighted by Gasteiger charge is 2.17. The maximum Gasteiger partial charge on any atom is 0.230 e. The van der Waals surface area contributed by atoms with Crippen LogP contribution in [-0.2, 0) is 11.3 Å². The zero-order valence-electron chi connectivity index (χ0n) is 18.3. The van der Waals surface area contributed by atoms with Gasteiger partial charge in [0.15, 0.2) is 11.0 Å². The average Bonchev–Trinajstić information content (AvgIpc) is 3.31. The SMILES string of the molecule is COc1ccc(-n2c(SCC(=O)NCc3ccccc3OC)nnc2-c2ccncc2)cc1. The molecule has 9 heteroatoms. The lowest BCUT2D eigenvalue weighted by Crippen LogP contribution is -2.25. The van der Waals surface area contributed by atoms with Crippen molar-refractivity contribution in [3.05, 3.63) is 78.6 Å². The molecule has 2 aromatic carbocycles. The number of para-hydroxylation sites is 1. The van der Waals surface area contributed by atoms with Gasteiger partial charge in [0.05, 0.1) is 20.0 Å². The van der Waals surface area contributed by atoms with Gasteiger partial charge in [-0.15, -0.1) is 10.2 Å². The van der Waals surface area contributed by atoms with E-state index in [1.165, 1.54) is 11.8 Å². The fraction of sp³-hybridized carbons (Fsp3) is 0.167. The number of carbonyl (C=O) groups excluding carboxylic acids is 1. The van der Waals surface area contributed by atoms with Crippen LogP contribution in [-0.4, -0.2) is 45.6 Å². The van der Waals surface area contributed by atoms with Crippen LogP contribution in [0, 0.1) is 0 Å². The summed E-state index contributed by atoms with van der Waals surface area (Å²) in [6.45, 7) is 0.386. The molecule has 0 saturated carbocycles. The summed E-state index contributed by atoms with van der Waals surface area (Å²) in [7, 11) is 3.24. The number of hydrogen-bond donors (Lipinski definition) is 1. The fourth-order valence-electron chi connectivity index (χ4n) is 3.24. The van der Waals surface area contributed by atoms with Crippen molar-refractivity contribution in [2.75, 3.05) is 20.0 Å². The molecule has 8 nitrogen and oxygen atoms in total. The predicted octanol–water partition coefficient (Wildman–Crippen LogP) is 3.76. The van der Waals surface area contributed by atoms with Crippen LogP contribution in [0.1, 0.15) is 5.56 Å². The molecule has 0 unspecified atom stereocenters. The van der Waals surface area contributed by atoms with Gasteiger partial charge in [-0.1, -0.05) is 30.0 Å². The van der Waals surface area contributed by atoms with Crippen molar-refractivity contribution in [1.82, 2.24) is 25.1 Å². The standard InChI is InChI=1S/C24H23N5O3S/c1-31-20-9-7-19(8-10-20)29-23(17-11-13-25-14-12-17)27-28-24(29)33-16-22(30)26-15-18-5-3-4-6-21(18)32-2/h3-14H,15-16H2,1-2H3,(H,26,30). The Morgan fingerprint density at radius 1 is 0.970 bits per heavy atom. The van der Waals surface area contributed by atoms with Crippen molar-refractivity contribution in [1.29, 1.82) is 0 Å². The molecular weight excluding hydrogens is 438 g/mol. The molecule has 0 aliphatic carbocycles. The van der Waals surface area contributed by atoms with E-state index in [1.807, 2.05) is 65.2 Å². The Morgan fingerprint density at radius 3 is 2.45 bits per heavy atom. The second kappa shape index (κ2) is 10.6. The topological polar surface area (TPSA) is 91.2 Å². The summed E-state index contributed by atoms with van der Waals surface area (Å²) in [4.78, 5) is 16.6. The lowest BCUT2D eigenvalue weighted by molar-refractivity contribution is -0.118. The summed E-state index contributed by atoms with van der Waals surface area (Å²) in [6, 6.07) is 19.0. The van der Waals surface area contributed by atoms with Crippen LogP contribution in [0.15, 0.2) is 78.2 Å². The van der Waals surface area contributed by atoms with E-state index in [9.17, 15) is 4.79 Å². The third kappa shape index (κ3) is 5.32. The number of nitrogens with zero attached hydrogens (tertiary/aromatic N) is 4. The first-order valence-corrected chi connectivity index (χ1v) is 11.2. The van der Waals surface area contributed by atoms with E-state index in [0.29, 0.717) is 17.5 Å². The highest BCUT2D eigenvalue weighted by atomic mass is 32.2. The second-order valence-corrected chi connectivity index (χ2v) is 7.90. The number of pyridine rings is 1. The Bertz CT molecular complexity index is 1210. The normalized spacial score (nSPS) is 10.6. The Balaban J connectivity index is 1.52. The molecule has 33 heavy (non-hydrogen) atoms. The molecule has 168 valence electrons. The minimum atomic E-state index is -0.111. The Labute approximate surface area is 196 Å². The first-order chi connectivity index (χ1) is 16.2. The van der Waals surface area contributed by atoms with Gasteiger partial charge in [-0.05, 0) is 42.5 Å². The van der Waals surface area contributed by atoms with Crippen LogP contribution in [0.4, 0.5) is 0 Å². The van der Waals surface area contributed by atoms with E-state index in [-0.39, 0.29) is 11.7 Å². The van der Waals surface area contributed by atoms with Crippen LogP contribution in [0.25, 0.3) is 17.1 Å². The van der Waals surface area contributed by atoms with Gasteiger partial charge in [0.25, 0.3) is 0 Å². The van der Waals surface area contributed by atoms with Crippen LogP contribution < -0.4 is 14.8 Å². The number of aromatic nitrogens is 4. The van der Waals surface area contributed by atoms with Crippen molar-refractivity contribution in [3.8, 4) is 28.6 Å². The maximum atomic E-state index is 12.5. The van der Waals surface area contributed by atoms with Gasteiger partial charge in [-0.25, -0.2) is 0 Å². The van der Waals surface area contributed by atoms with Crippen molar-refractivity contribution in [3.63, 3.8) is 0 Å². The first-order valence-electron chi connectivity index (χ1n) is 10.2. The number of ether oxygens (including phenoxy) is 2. The van der Waals surface area contributed by atoms with Crippen LogP contribution in [0.5, 0.6) is 11.5 Å². The van der Waals surface area contributed by atoms with Crippen LogP contribution in [0.2, 0.25) is 0 Å². The predicted molar refractivity (Wildman–Crippen MR) is 127 cm³/mol.